The van der Waals surface area contributed by atoms with Gasteiger partial charge in [0.15, 0.2) is 5.13 Å². The van der Waals surface area contributed by atoms with Gasteiger partial charge >= 0.3 is 0 Å². The van der Waals surface area contributed by atoms with E-state index in [-0.39, 0.29) is 11.7 Å². The fourth-order valence-corrected chi connectivity index (χ4v) is 3.69. The van der Waals surface area contributed by atoms with Gasteiger partial charge in [-0.3, -0.25) is 4.79 Å². The molecule has 2 aromatic heterocycles. The van der Waals surface area contributed by atoms with Gasteiger partial charge in [-0.1, -0.05) is 0 Å². The number of hydrogen-bond acceptors (Lipinski definition) is 4. The van der Waals surface area contributed by atoms with E-state index in [4.69, 9.17) is 0 Å². The van der Waals surface area contributed by atoms with Gasteiger partial charge in [0.25, 0.3) is 5.91 Å². The molecule has 5 nitrogen and oxygen atoms in total. The maximum atomic E-state index is 13.0. The molecule has 0 atom stereocenters. The van der Waals surface area contributed by atoms with Crippen LogP contribution in [0, 0.1) is 5.82 Å². The molecule has 1 aliphatic heterocycles. The molecule has 4 rings (SSSR count). The summed E-state index contributed by atoms with van der Waals surface area (Å²) in [5, 5.41) is 2.60. The predicted octanol–water partition coefficient (Wildman–Crippen LogP) is 3.04. The molecule has 1 amide bonds. The minimum Gasteiger partial charge on any atom is -0.368 e. The van der Waals surface area contributed by atoms with Crippen LogP contribution in [0.1, 0.15) is 10.5 Å². The Morgan fingerprint density at radius 3 is 2.40 bits per heavy atom. The zero-order valence-corrected chi connectivity index (χ0v) is 14.3. The molecule has 1 aliphatic rings. The largest absolute Gasteiger partial charge is 0.368 e. The first-order chi connectivity index (χ1) is 12.2. The van der Waals surface area contributed by atoms with E-state index < -0.39 is 0 Å². The van der Waals surface area contributed by atoms with Crippen LogP contribution < -0.4 is 4.90 Å². The number of carbonyl (C=O) groups excluding carboxylic acids is 1. The van der Waals surface area contributed by atoms with Crippen molar-refractivity contribution in [1.82, 2.24) is 14.5 Å². The lowest BCUT2D eigenvalue weighted by Gasteiger charge is -2.35. The van der Waals surface area contributed by atoms with Crippen LogP contribution in [-0.4, -0.2) is 46.5 Å². The topological polar surface area (TPSA) is 41.4 Å². The summed E-state index contributed by atoms with van der Waals surface area (Å²) >= 11 is 1.46. The van der Waals surface area contributed by atoms with E-state index in [1.807, 2.05) is 39.4 Å². The predicted molar refractivity (Wildman–Crippen MR) is 96.0 cm³/mol. The van der Waals surface area contributed by atoms with Gasteiger partial charge in [0, 0.05) is 49.6 Å². The van der Waals surface area contributed by atoms with Crippen LogP contribution in [0.3, 0.4) is 0 Å². The van der Waals surface area contributed by atoms with E-state index in [1.165, 1.54) is 23.5 Å². The molecule has 0 radical (unpaired) electrons. The summed E-state index contributed by atoms with van der Waals surface area (Å²) in [4.78, 5) is 21.1. The fourth-order valence-electron chi connectivity index (χ4n) is 2.92. The average molecular weight is 356 g/mol. The van der Waals surface area contributed by atoms with Crippen molar-refractivity contribution in [2.24, 2.45) is 0 Å². The summed E-state index contributed by atoms with van der Waals surface area (Å²) in [6.07, 6.45) is 3.82. The number of anilines is 1. The van der Waals surface area contributed by atoms with Crippen LogP contribution in [-0.2, 0) is 0 Å². The molecule has 0 N–H and O–H groups in total. The molecular weight excluding hydrogens is 339 g/mol. The molecule has 0 aliphatic carbocycles. The Hall–Kier alpha value is -2.67. The molecule has 0 spiro atoms. The van der Waals surface area contributed by atoms with Gasteiger partial charge < -0.3 is 14.4 Å². The second kappa shape index (κ2) is 6.68. The summed E-state index contributed by atoms with van der Waals surface area (Å²) in [5.74, 6) is -0.270. The standard InChI is InChI=1S/C18H17FN4OS/c19-14-3-5-15(6-4-14)21-9-11-22(12-10-21)17(24)16-13-25-18(20-16)23-7-1-2-8-23/h1-8,13H,9-12H2. The van der Waals surface area contributed by atoms with E-state index in [9.17, 15) is 9.18 Å². The van der Waals surface area contributed by atoms with Crippen LogP contribution in [0.4, 0.5) is 10.1 Å². The second-order valence-corrected chi connectivity index (χ2v) is 6.70. The Labute approximate surface area is 148 Å². The lowest BCUT2D eigenvalue weighted by atomic mass is 10.2. The summed E-state index contributed by atoms with van der Waals surface area (Å²) in [6.45, 7) is 2.72. The maximum absolute atomic E-state index is 13.0. The van der Waals surface area contributed by atoms with Crippen molar-refractivity contribution in [2.75, 3.05) is 31.1 Å². The summed E-state index contributed by atoms with van der Waals surface area (Å²) in [6, 6.07) is 10.3. The van der Waals surface area contributed by atoms with E-state index in [0.29, 0.717) is 18.8 Å². The number of carbonyl (C=O) groups is 1. The third-order valence-corrected chi connectivity index (χ3v) is 5.15. The molecule has 25 heavy (non-hydrogen) atoms. The highest BCUT2D eigenvalue weighted by Gasteiger charge is 2.24. The Morgan fingerprint density at radius 1 is 1.04 bits per heavy atom. The molecule has 1 fully saturated rings. The van der Waals surface area contributed by atoms with Gasteiger partial charge in [-0.2, -0.15) is 0 Å². The first-order valence-corrected chi connectivity index (χ1v) is 8.97. The van der Waals surface area contributed by atoms with Gasteiger partial charge in [-0.25, -0.2) is 9.37 Å². The number of nitrogens with zero attached hydrogens (tertiary/aromatic N) is 4. The van der Waals surface area contributed by atoms with Gasteiger partial charge in [-0.05, 0) is 36.4 Å². The maximum Gasteiger partial charge on any atom is 0.273 e. The highest BCUT2D eigenvalue weighted by molar-refractivity contribution is 7.12. The van der Waals surface area contributed by atoms with E-state index in [2.05, 4.69) is 9.88 Å². The van der Waals surface area contributed by atoms with Gasteiger partial charge in [0.05, 0.1) is 0 Å². The minimum absolute atomic E-state index is 0.0339. The molecule has 0 saturated carbocycles. The molecule has 1 aromatic carbocycles. The monoisotopic (exact) mass is 356 g/mol. The van der Waals surface area contributed by atoms with Crippen LogP contribution in [0.2, 0.25) is 0 Å². The van der Waals surface area contributed by atoms with Crippen LogP contribution in [0.15, 0.2) is 54.2 Å². The normalized spacial score (nSPS) is 14.8. The van der Waals surface area contributed by atoms with Crippen molar-refractivity contribution in [3.05, 3.63) is 65.7 Å². The van der Waals surface area contributed by atoms with Crippen LogP contribution in [0.5, 0.6) is 0 Å². The Kier molecular flexibility index (Phi) is 4.23. The molecule has 128 valence electrons. The zero-order valence-electron chi connectivity index (χ0n) is 13.5. The zero-order chi connectivity index (χ0) is 17.2. The van der Waals surface area contributed by atoms with E-state index >= 15 is 0 Å². The highest BCUT2D eigenvalue weighted by Crippen LogP contribution is 2.20. The average Bonchev–Trinajstić information content (AvgIpc) is 3.33. The number of benzene rings is 1. The summed E-state index contributed by atoms with van der Waals surface area (Å²) < 4.78 is 14.9. The summed E-state index contributed by atoms with van der Waals surface area (Å²) in [7, 11) is 0. The minimum atomic E-state index is -0.236. The SMILES string of the molecule is O=C(c1csc(-n2cccc2)n1)N1CCN(c2ccc(F)cc2)CC1. The van der Waals surface area contributed by atoms with E-state index in [1.54, 1.807) is 12.1 Å². The van der Waals surface area contributed by atoms with Crippen molar-refractivity contribution in [3.63, 3.8) is 0 Å². The molecule has 0 bridgehead atoms. The molecule has 1 saturated heterocycles. The van der Waals surface area contributed by atoms with Crippen molar-refractivity contribution in [1.29, 1.82) is 0 Å². The van der Waals surface area contributed by atoms with E-state index in [0.717, 1.165) is 23.9 Å². The number of rotatable bonds is 3. The second-order valence-electron chi connectivity index (χ2n) is 5.86. The molecule has 3 heterocycles. The first-order valence-electron chi connectivity index (χ1n) is 8.09. The Morgan fingerprint density at radius 2 is 1.72 bits per heavy atom. The van der Waals surface area contributed by atoms with Gasteiger partial charge in [0.2, 0.25) is 0 Å². The van der Waals surface area contributed by atoms with Gasteiger partial charge in [0.1, 0.15) is 11.5 Å². The lowest BCUT2D eigenvalue weighted by Crippen LogP contribution is -2.48. The molecular formula is C18H17FN4OS. The number of amides is 1. The number of aromatic nitrogens is 2. The fraction of sp³-hybridized carbons (Fsp3) is 0.222. The smallest absolute Gasteiger partial charge is 0.273 e. The molecule has 0 unspecified atom stereocenters. The summed E-state index contributed by atoms with van der Waals surface area (Å²) in [5.41, 5.74) is 1.47. The number of piperazine rings is 1. The van der Waals surface area contributed by atoms with Crippen molar-refractivity contribution in [3.8, 4) is 5.13 Å². The quantitative estimate of drug-likeness (QED) is 0.724. The lowest BCUT2D eigenvalue weighted by molar-refractivity contribution is 0.0741. The first kappa shape index (κ1) is 15.8. The molecule has 7 heteroatoms. The third-order valence-electron chi connectivity index (χ3n) is 4.30. The highest BCUT2D eigenvalue weighted by atomic mass is 32.1. The third kappa shape index (κ3) is 3.28. The number of thiazole rings is 1. The van der Waals surface area contributed by atoms with Crippen LogP contribution >= 0.6 is 11.3 Å². The molecule has 3 aromatic rings. The van der Waals surface area contributed by atoms with Crippen molar-refractivity contribution in [2.45, 2.75) is 0 Å². The van der Waals surface area contributed by atoms with Gasteiger partial charge in [-0.15, -0.1) is 11.3 Å². The Balaban J connectivity index is 1.40. The number of hydrogen-bond donors (Lipinski definition) is 0. The van der Waals surface area contributed by atoms with Crippen LogP contribution in [0.25, 0.3) is 5.13 Å². The van der Waals surface area contributed by atoms with Crippen molar-refractivity contribution >= 4 is 22.9 Å². The number of halogens is 1. The Bertz CT molecular complexity index is 852. The van der Waals surface area contributed by atoms with Crippen molar-refractivity contribution < 1.29 is 9.18 Å².